The van der Waals surface area contributed by atoms with E-state index in [-0.39, 0.29) is 5.41 Å². The van der Waals surface area contributed by atoms with Crippen molar-refractivity contribution in [3.05, 3.63) is 72.8 Å². The number of hydrogen-bond donors (Lipinski definition) is 1. The SMILES string of the molecule is CC(C)(C)c1cccc(-c2ccccc2)c1.c1nc[nH]n1. The Bertz CT molecular complexity index is 621. The van der Waals surface area contributed by atoms with Crippen molar-refractivity contribution >= 4 is 0 Å². The molecule has 0 saturated carbocycles. The van der Waals surface area contributed by atoms with Crippen LogP contribution in [0.4, 0.5) is 0 Å². The van der Waals surface area contributed by atoms with Crippen LogP contribution < -0.4 is 0 Å². The lowest BCUT2D eigenvalue weighted by atomic mass is 9.85. The zero-order valence-electron chi connectivity index (χ0n) is 12.7. The molecule has 3 aromatic rings. The van der Waals surface area contributed by atoms with E-state index in [9.17, 15) is 0 Å². The standard InChI is InChI=1S/C16H18.C2H3N3/c1-16(2,3)15-11-7-10-14(12-15)13-8-5-4-6-9-13;1-3-2-5-4-1/h4-12H,1-3H3;1-2H,(H,3,4,5). The van der Waals surface area contributed by atoms with Gasteiger partial charge in [0.2, 0.25) is 0 Å². The summed E-state index contributed by atoms with van der Waals surface area (Å²) >= 11 is 0. The first-order valence-corrected chi connectivity index (χ1v) is 7.02. The van der Waals surface area contributed by atoms with Crippen LogP contribution in [0.5, 0.6) is 0 Å². The highest BCUT2D eigenvalue weighted by molar-refractivity contribution is 5.64. The molecule has 1 aromatic heterocycles. The van der Waals surface area contributed by atoms with E-state index < -0.39 is 0 Å². The molecule has 0 bridgehead atoms. The minimum Gasteiger partial charge on any atom is -0.266 e. The predicted octanol–water partition coefficient (Wildman–Crippen LogP) is 4.46. The first kappa shape index (κ1) is 15.0. The summed E-state index contributed by atoms with van der Waals surface area (Å²) in [6.45, 7) is 6.74. The van der Waals surface area contributed by atoms with Gasteiger partial charge in [-0.3, -0.25) is 5.10 Å². The van der Waals surface area contributed by atoms with Gasteiger partial charge < -0.3 is 0 Å². The molecule has 0 aliphatic heterocycles. The van der Waals surface area contributed by atoms with Gasteiger partial charge >= 0.3 is 0 Å². The van der Waals surface area contributed by atoms with Crippen molar-refractivity contribution < 1.29 is 0 Å². The molecule has 108 valence electrons. The number of nitrogens with zero attached hydrogens (tertiary/aromatic N) is 2. The lowest BCUT2D eigenvalue weighted by Crippen LogP contribution is -2.10. The first-order valence-electron chi connectivity index (χ1n) is 7.02. The fraction of sp³-hybridized carbons (Fsp3) is 0.222. The van der Waals surface area contributed by atoms with E-state index in [2.05, 4.69) is 90.5 Å². The largest absolute Gasteiger partial charge is 0.266 e. The second-order valence-electron chi connectivity index (χ2n) is 5.85. The number of hydrogen-bond acceptors (Lipinski definition) is 2. The van der Waals surface area contributed by atoms with Crippen LogP contribution in [0.3, 0.4) is 0 Å². The van der Waals surface area contributed by atoms with Crippen molar-refractivity contribution in [1.29, 1.82) is 0 Å². The van der Waals surface area contributed by atoms with Crippen molar-refractivity contribution in [3.63, 3.8) is 0 Å². The number of benzene rings is 2. The lowest BCUT2D eigenvalue weighted by molar-refractivity contribution is 0.590. The molecule has 3 nitrogen and oxygen atoms in total. The van der Waals surface area contributed by atoms with Crippen LogP contribution >= 0.6 is 0 Å². The molecule has 0 aliphatic rings. The van der Waals surface area contributed by atoms with Crippen LogP contribution in [0.1, 0.15) is 26.3 Å². The highest BCUT2D eigenvalue weighted by atomic mass is 15.2. The van der Waals surface area contributed by atoms with Gasteiger partial charge in [0.05, 0.1) is 0 Å². The molecule has 2 aromatic carbocycles. The summed E-state index contributed by atoms with van der Waals surface area (Å²) in [5, 5.41) is 5.99. The molecule has 3 rings (SSSR count). The quantitative estimate of drug-likeness (QED) is 0.714. The molecule has 0 saturated heterocycles. The summed E-state index contributed by atoms with van der Waals surface area (Å²) in [5.74, 6) is 0. The maximum Gasteiger partial charge on any atom is 0.137 e. The molecule has 3 heteroatoms. The molecule has 0 fully saturated rings. The zero-order chi connectivity index (χ0) is 15.1. The maximum absolute atomic E-state index is 3.56. The van der Waals surface area contributed by atoms with Gasteiger partial charge in [-0.05, 0) is 22.1 Å². The highest BCUT2D eigenvalue weighted by Crippen LogP contribution is 2.27. The molecule has 21 heavy (non-hydrogen) atoms. The molecule has 0 spiro atoms. The molecule has 0 atom stereocenters. The van der Waals surface area contributed by atoms with Gasteiger partial charge in [0.25, 0.3) is 0 Å². The average Bonchev–Trinajstić information content (AvgIpc) is 3.07. The van der Waals surface area contributed by atoms with Crippen LogP contribution in [-0.4, -0.2) is 15.2 Å². The van der Waals surface area contributed by atoms with Gasteiger partial charge in [0.1, 0.15) is 12.7 Å². The Morgan fingerprint density at radius 3 is 2.10 bits per heavy atom. The Labute approximate surface area is 126 Å². The molecule has 1 heterocycles. The average molecular weight is 279 g/mol. The summed E-state index contributed by atoms with van der Waals surface area (Å²) in [7, 11) is 0. The topological polar surface area (TPSA) is 41.6 Å². The molecule has 0 unspecified atom stereocenters. The number of nitrogens with one attached hydrogen (secondary N) is 1. The first-order chi connectivity index (χ1) is 10.1. The Morgan fingerprint density at radius 2 is 1.57 bits per heavy atom. The summed E-state index contributed by atoms with van der Waals surface area (Å²) < 4.78 is 0. The molecule has 0 radical (unpaired) electrons. The number of aromatic nitrogens is 3. The number of H-pyrrole nitrogens is 1. The molecule has 0 aliphatic carbocycles. The van der Waals surface area contributed by atoms with Crippen molar-refractivity contribution in [2.75, 3.05) is 0 Å². The third-order valence-corrected chi connectivity index (χ3v) is 3.17. The van der Waals surface area contributed by atoms with E-state index in [1.54, 1.807) is 0 Å². The van der Waals surface area contributed by atoms with Crippen LogP contribution in [-0.2, 0) is 5.41 Å². The molecular formula is C18H21N3. The second kappa shape index (κ2) is 6.84. The number of aromatic amines is 1. The van der Waals surface area contributed by atoms with Crippen LogP contribution in [0.15, 0.2) is 67.3 Å². The van der Waals surface area contributed by atoms with Crippen LogP contribution in [0.25, 0.3) is 11.1 Å². The van der Waals surface area contributed by atoms with E-state index in [0.29, 0.717) is 0 Å². The van der Waals surface area contributed by atoms with Crippen molar-refractivity contribution in [2.45, 2.75) is 26.2 Å². The molecule has 0 amide bonds. The normalized spacial score (nSPS) is 10.6. The van der Waals surface area contributed by atoms with Crippen LogP contribution in [0, 0.1) is 0 Å². The summed E-state index contributed by atoms with van der Waals surface area (Å²) in [6, 6.07) is 19.3. The van der Waals surface area contributed by atoms with Crippen LogP contribution in [0.2, 0.25) is 0 Å². The fourth-order valence-electron chi connectivity index (χ4n) is 1.96. The molecular weight excluding hydrogens is 258 g/mol. The van der Waals surface area contributed by atoms with E-state index in [1.807, 2.05) is 0 Å². The van der Waals surface area contributed by atoms with Gasteiger partial charge in [0, 0.05) is 0 Å². The summed E-state index contributed by atoms with van der Waals surface area (Å²) in [5.41, 5.74) is 4.18. The minimum atomic E-state index is 0.213. The summed E-state index contributed by atoms with van der Waals surface area (Å²) in [6.07, 6.45) is 2.96. The van der Waals surface area contributed by atoms with E-state index >= 15 is 0 Å². The maximum atomic E-state index is 3.56. The van der Waals surface area contributed by atoms with Crippen molar-refractivity contribution in [2.24, 2.45) is 0 Å². The van der Waals surface area contributed by atoms with Gasteiger partial charge in [0.15, 0.2) is 0 Å². The number of rotatable bonds is 1. The Morgan fingerprint density at radius 1 is 0.857 bits per heavy atom. The highest BCUT2D eigenvalue weighted by Gasteiger charge is 2.13. The Balaban J connectivity index is 0.000000272. The minimum absolute atomic E-state index is 0.213. The summed E-state index contributed by atoms with van der Waals surface area (Å²) in [4.78, 5) is 3.56. The third kappa shape index (κ3) is 4.56. The van der Waals surface area contributed by atoms with Gasteiger partial charge in [-0.1, -0.05) is 75.4 Å². The van der Waals surface area contributed by atoms with Gasteiger partial charge in [-0.2, -0.15) is 5.10 Å². The smallest absolute Gasteiger partial charge is 0.137 e. The Hall–Kier alpha value is -2.42. The zero-order valence-corrected chi connectivity index (χ0v) is 12.7. The molecule has 1 N–H and O–H groups in total. The fourth-order valence-corrected chi connectivity index (χ4v) is 1.96. The van der Waals surface area contributed by atoms with Crippen molar-refractivity contribution in [1.82, 2.24) is 15.2 Å². The van der Waals surface area contributed by atoms with Gasteiger partial charge in [-0.25, -0.2) is 4.98 Å². The predicted molar refractivity (Wildman–Crippen MR) is 87.0 cm³/mol. The monoisotopic (exact) mass is 279 g/mol. The van der Waals surface area contributed by atoms with E-state index in [0.717, 1.165) is 0 Å². The second-order valence-corrected chi connectivity index (χ2v) is 5.85. The van der Waals surface area contributed by atoms with Gasteiger partial charge in [-0.15, -0.1) is 0 Å². The lowest BCUT2D eigenvalue weighted by Gasteiger charge is -2.19. The van der Waals surface area contributed by atoms with Crippen molar-refractivity contribution in [3.8, 4) is 11.1 Å². The van der Waals surface area contributed by atoms with E-state index in [4.69, 9.17) is 0 Å². The van der Waals surface area contributed by atoms with E-state index in [1.165, 1.54) is 29.3 Å². The third-order valence-electron chi connectivity index (χ3n) is 3.17. The Kier molecular flexibility index (Phi) is 4.88.